The maximum absolute atomic E-state index is 12.7. The molecule has 3 aromatic rings. The lowest BCUT2D eigenvalue weighted by molar-refractivity contribution is 0.0681. The summed E-state index contributed by atoms with van der Waals surface area (Å²) >= 11 is 0. The average Bonchev–Trinajstić information content (AvgIpc) is 2.60. The summed E-state index contributed by atoms with van der Waals surface area (Å²) < 4.78 is 0. The molecule has 23 heavy (non-hydrogen) atoms. The Bertz CT molecular complexity index is 907. The highest BCUT2D eigenvalue weighted by atomic mass is 16.2. The van der Waals surface area contributed by atoms with E-state index in [9.17, 15) is 9.59 Å². The van der Waals surface area contributed by atoms with Gasteiger partial charge in [0.1, 0.15) is 0 Å². The van der Waals surface area contributed by atoms with Gasteiger partial charge in [0.15, 0.2) is 0 Å². The van der Waals surface area contributed by atoms with Crippen LogP contribution in [0.3, 0.4) is 0 Å². The van der Waals surface area contributed by atoms with Crippen LogP contribution in [-0.2, 0) is 0 Å². The predicted octanol–water partition coefficient (Wildman–Crippen LogP) is 4.11. The van der Waals surface area contributed by atoms with Crippen LogP contribution in [-0.4, -0.2) is 16.7 Å². The molecule has 0 radical (unpaired) electrons. The molecule has 0 N–H and O–H groups in total. The first-order valence-electron chi connectivity index (χ1n) is 7.38. The molecular formula is C20H13NO2. The van der Waals surface area contributed by atoms with Crippen molar-refractivity contribution < 1.29 is 9.59 Å². The van der Waals surface area contributed by atoms with Crippen molar-refractivity contribution in [3.8, 4) is 0 Å². The second kappa shape index (κ2) is 5.21. The molecule has 0 aromatic heterocycles. The van der Waals surface area contributed by atoms with Crippen LogP contribution in [0.15, 0.2) is 72.9 Å². The van der Waals surface area contributed by atoms with Gasteiger partial charge in [-0.05, 0) is 29.2 Å². The molecule has 3 aromatic carbocycles. The van der Waals surface area contributed by atoms with Crippen LogP contribution in [0.2, 0.25) is 0 Å². The second-order valence-electron chi connectivity index (χ2n) is 5.42. The Morgan fingerprint density at radius 1 is 0.696 bits per heavy atom. The zero-order chi connectivity index (χ0) is 15.8. The molecule has 0 saturated carbocycles. The Morgan fingerprint density at radius 2 is 1.30 bits per heavy atom. The Morgan fingerprint density at radius 3 is 1.91 bits per heavy atom. The van der Waals surface area contributed by atoms with Gasteiger partial charge in [-0.15, -0.1) is 0 Å². The number of carbonyl (C=O) groups excluding carboxylic acids is 2. The molecule has 0 fully saturated rings. The topological polar surface area (TPSA) is 37.4 Å². The van der Waals surface area contributed by atoms with Gasteiger partial charge in [-0.3, -0.25) is 9.59 Å². The van der Waals surface area contributed by atoms with Crippen molar-refractivity contribution in [2.24, 2.45) is 0 Å². The Kier molecular flexibility index (Phi) is 3.05. The zero-order valence-electron chi connectivity index (χ0n) is 12.3. The summed E-state index contributed by atoms with van der Waals surface area (Å²) in [6.07, 6.45) is 3.32. The molecule has 1 heterocycles. The van der Waals surface area contributed by atoms with E-state index < -0.39 is 0 Å². The van der Waals surface area contributed by atoms with E-state index in [-0.39, 0.29) is 11.8 Å². The van der Waals surface area contributed by atoms with Gasteiger partial charge in [0.2, 0.25) is 0 Å². The van der Waals surface area contributed by atoms with Gasteiger partial charge in [0, 0.05) is 22.7 Å². The van der Waals surface area contributed by atoms with E-state index in [2.05, 4.69) is 0 Å². The monoisotopic (exact) mass is 299 g/mol. The largest absolute Gasteiger partial charge is 0.268 e. The fourth-order valence-corrected chi connectivity index (χ4v) is 2.91. The number of hydrogen-bond donors (Lipinski definition) is 0. The van der Waals surface area contributed by atoms with E-state index in [1.165, 1.54) is 4.90 Å². The zero-order valence-corrected chi connectivity index (χ0v) is 12.3. The summed E-state index contributed by atoms with van der Waals surface area (Å²) in [6, 6.07) is 20.6. The van der Waals surface area contributed by atoms with E-state index in [1.54, 1.807) is 24.4 Å². The molecule has 0 spiro atoms. The third-order valence-electron chi connectivity index (χ3n) is 4.02. The fourth-order valence-electron chi connectivity index (χ4n) is 2.91. The lowest BCUT2D eigenvalue weighted by Crippen LogP contribution is -2.36. The van der Waals surface area contributed by atoms with Crippen LogP contribution >= 0.6 is 0 Å². The quantitative estimate of drug-likeness (QED) is 0.668. The lowest BCUT2D eigenvalue weighted by Gasteiger charge is -2.24. The molecule has 0 unspecified atom stereocenters. The van der Waals surface area contributed by atoms with Gasteiger partial charge in [-0.2, -0.15) is 0 Å². The Hall–Kier alpha value is -3.20. The van der Waals surface area contributed by atoms with E-state index in [4.69, 9.17) is 0 Å². The minimum absolute atomic E-state index is 0.286. The third-order valence-corrected chi connectivity index (χ3v) is 4.02. The number of benzene rings is 3. The third kappa shape index (κ3) is 2.14. The first kappa shape index (κ1) is 13.5. The summed E-state index contributed by atoms with van der Waals surface area (Å²) in [5.74, 6) is -0.571. The molecule has 3 heteroatoms. The number of imide groups is 1. The molecule has 0 saturated heterocycles. The number of hydrogen-bond acceptors (Lipinski definition) is 2. The fraction of sp³-hybridized carbons (Fsp3) is 0. The number of carbonyl (C=O) groups is 2. The van der Waals surface area contributed by atoms with Gasteiger partial charge in [0.25, 0.3) is 11.8 Å². The standard InChI is InChI=1S/C20H13NO2/c22-19-16-10-4-8-15-9-5-11-17(18(15)16)20(23)21(19)13-12-14-6-2-1-3-7-14/h1-13H/b13-12+. The number of amides is 2. The van der Waals surface area contributed by atoms with Crippen molar-refractivity contribution in [1.29, 1.82) is 0 Å². The van der Waals surface area contributed by atoms with E-state index in [0.717, 1.165) is 16.3 Å². The molecule has 0 aliphatic carbocycles. The Labute approximate surface area is 133 Å². The molecule has 110 valence electrons. The van der Waals surface area contributed by atoms with Crippen LogP contribution < -0.4 is 0 Å². The summed E-state index contributed by atoms with van der Waals surface area (Å²) in [7, 11) is 0. The first-order valence-corrected chi connectivity index (χ1v) is 7.38. The van der Waals surface area contributed by atoms with Crippen molar-refractivity contribution in [3.05, 3.63) is 89.6 Å². The summed E-state index contributed by atoms with van der Waals surface area (Å²) in [5, 5.41) is 1.66. The summed E-state index contributed by atoms with van der Waals surface area (Å²) in [6.45, 7) is 0. The number of rotatable bonds is 2. The van der Waals surface area contributed by atoms with E-state index >= 15 is 0 Å². The van der Waals surface area contributed by atoms with E-state index in [1.807, 2.05) is 54.6 Å². The van der Waals surface area contributed by atoms with Crippen LogP contribution in [0.1, 0.15) is 26.3 Å². The molecular weight excluding hydrogens is 286 g/mol. The molecule has 2 amide bonds. The van der Waals surface area contributed by atoms with E-state index in [0.29, 0.717) is 11.1 Å². The van der Waals surface area contributed by atoms with Crippen molar-refractivity contribution in [3.63, 3.8) is 0 Å². The van der Waals surface area contributed by atoms with Crippen molar-refractivity contribution in [2.45, 2.75) is 0 Å². The molecule has 0 bridgehead atoms. The first-order chi connectivity index (χ1) is 11.3. The molecule has 1 aliphatic heterocycles. The molecule has 0 atom stereocenters. The SMILES string of the molecule is O=C1c2cccc3cccc(c23)C(=O)N1/C=C/c1ccccc1. The van der Waals surface area contributed by atoms with Gasteiger partial charge >= 0.3 is 0 Å². The van der Waals surface area contributed by atoms with Gasteiger partial charge in [-0.25, -0.2) is 4.90 Å². The average molecular weight is 299 g/mol. The van der Waals surface area contributed by atoms with Gasteiger partial charge in [0.05, 0.1) is 0 Å². The minimum Gasteiger partial charge on any atom is -0.268 e. The highest BCUT2D eigenvalue weighted by molar-refractivity contribution is 6.26. The normalized spacial score (nSPS) is 14.0. The molecule has 1 aliphatic rings. The molecule has 3 nitrogen and oxygen atoms in total. The van der Waals surface area contributed by atoms with Gasteiger partial charge in [-0.1, -0.05) is 54.6 Å². The van der Waals surface area contributed by atoms with Gasteiger partial charge < -0.3 is 0 Å². The predicted molar refractivity (Wildman–Crippen MR) is 89.9 cm³/mol. The van der Waals surface area contributed by atoms with Crippen molar-refractivity contribution in [2.75, 3.05) is 0 Å². The van der Waals surface area contributed by atoms with Crippen LogP contribution in [0, 0.1) is 0 Å². The smallest absolute Gasteiger partial charge is 0.265 e. The highest BCUT2D eigenvalue weighted by Crippen LogP contribution is 2.30. The second-order valence-corrected chi connectivity index (χ2v) is 5.42. The van der Waals surface area contributed by atoms with Crippen LogP contribution in [0.25, 0.3) is 16.8 Å². The maximum Gasteiger partial charge on any atom is 0.265 e. The highest BCUT2D eigenvalue weighted by Gasteiger charge is 2.31. The summed E-state index contributed by atoms with van der Waals surface area (Å²) in [5.41, 5.74) is 2.07. The maximum atomic E-state index is 12.7. The van der Waals surface area contributed by atoms with Crippen LogP contribution in [0.5, 0.6) is 0 Å². The Balaban J connectivity index is 1.82. The molecule has 4 rings (SSSR count). The minimum atomic E-state index is -0.286. The van der Waals surface area contributed by atoms with Crippen molar-refractivity contribution >= 4 is 28.7 Å². The lowest BCUT2D eigenvalue weighted by atomic mass is 9.94. The van der Waals surface area contributed by atoms with Crippen LogP contribution in [0.4, 0.5) is 0 Å². The number of nitrogens with zero attached hydrogens (tertiary/aromatic N) is 1. The van der Waals surface area contributed by atoms with Crippen molar-refractivity contribution in [1.82, 2.24) is 4.90 Å². The summed E-state index contributed by atoms with van der Waals surface area (Å²) in [4.78, 5) is 26.6.